The summed E-state index contributed by atoms with van der Waals surface area (Å²) in [6, 6.07) is 35.2. The molecule has 2 heterocycles. The summed E-state index contributed by atoms with van der Waals surface area (Å²) in [6.07, 6.45) is 6.23. The Kier molecular flexibility index (Phi) is 5.38. The molecule has 39 heavy (non-hydrogen) atoms. The average Bonchev–Trinajstić information content (AvgIpc) is 3.40. The van der Waals surface area contributed by atoms with E-state index in [1.54, 1.807) is 0 Å². The second-order valence-electron chi connectivity index (χ2n) is 9.80. The second-order valence-corrected chi connectivity index (χ2v) is 9.80. The van der Waals surface area contributed by atoms with Crippen LogP contribution in [0.5, 0.6) is 0 Å². The molecule has 7 aromatic rings. The molecule has 186 valence electrons. The molecule has 0 saturated carbocycles. The van der Waals surface area contributed by atoms with E-state index in [1.807, 2.05) is 66.8 Å². The van der Waals surface area contributed by atoms with Gasteiger partial charge in [0, 0.05) is 27.3 Å². The molecule has 5 aromatic carbocycles. The van der Waals surface area contributed by atoms with Crippen molar-refractivity contribution in [3.8, 4) is 22.3 Å². The van der Waals surface area contributed by atoms with Gasteiger partial charge in [-0.1, -0.05) is 115 Å². The first kappa shape index (κ1) is 23.1. The lowest BCUT2D eigenvalue weighted by Crippen LogP contribution is -2.13. The fourth-order valence-electron chi connectivity index (χ4n) is 5.93. The Hall–Kier alpha value is -5.02. The number of nitrogens with zero attached hydrogens (tertiary/aromatic N) is 2. The van der Waals surface area contributed by atoms with Crippen molar-refractivity contribution in [1.82, 2.24) is 9.38 Å². The van der Waals surface area contributed by atoms with Crippen molar-refractivity contribution in [3.63, 3.8) is 0 Å². The zero-order valence-electron chi connectivity index (χ0n) is 21.8. The molecular weight excluding hydrogens is 476 g/mol. The van der Waals surface area contributed by atoms with Crippen LogP contribution in [0.25, 0.3) is 66.1 Å². The molecule has 0 aliphatic rings. The molecule has 0 fully saturated rings. The van der Waals surface area contributed by atoms with E-state index in [1.165, 1.54) is 0 Å². The van der Waals surface area contributed by atoms with E-state index >= 15 is 0 Å². The SMILES string of the molecule is CC=CC(=CC)c1ccc(-c2ccccc2)c2c1nc1c3cccc4c(-c5ccccc5)ccc(c(=O)n12)c43. The van der Waals surface area contributed by atoms with Crippen LogP contribution in [0.15, 0.2) is 126 Å². The number of fused-ring (bicyclic) bond motifs is 4. The predicted octanol–water partition coefficient (Wildman–Crippen LogP) is 8.91. The third kappa shape index (κ3) is 3.44. The van der Waals surface area contributed by atoms with Crippen LogP contribution in [0.4, 0.5) is 0 Å². The van der Waals surface area contributed by atoms with E-state index < -0.39 is 0 Å². The maximum atomic E-state index is 14.4. The first-order valence-corrected chi connectivity index (χ1v) is 13.3. The van der Waals surface area contributed by atoms with E-state index in [9.17, 15) is 4.79 Å². The lowest BCUT2D eigenvalue weighted by molar-refractivity contribution is 1.19. The average molecular weight is 503 g/mol. The third-order valence-corrected chi connectivity index (χ3v) is 7.66. The summed E-state index contributed by atoms with van der Waals surface area (Å²) < 4.78 is 1.84. The summed E-state index contributed by atoms with van der Waals surface area (Å²) in [5.41, 5.74) is 8.71. The van der Waals surface area contributed by atoms with Crippen LogP contribution in [-0.2, 0) is 0 Å². The van der Waals surface area contributed by atoms with Crippen LogP contribution < -0.4 is 5.56 Å². The Morgan fingerprint density at radius 3 is 2.05 bits per heavy atom. The Labute approximate surface area is 226 Å². The van der Waals surface area contributed by atoms with Crippen molar-refractivity contribution < 1.29 is 0 Å². The number of aromatic nitrogens is 2. The van der Waals surface area contributed by atoms with Gasteiger partial charge in [0.1, 0.15) is 5.65 Å². The molecule has 0 saturated heterocycles. The number of benzene rings is 5. The van der Waals surface area contributed by atoms with Crippen molar-refractivity contribution in [2.75, 3.05) is 0 Å². The zero-order valence-corrected chi connectivity index (χ0v) is 21.8. The summed E-state index contributed by atoms with van der Waals surface area (Å²) in [4.78, 5) is 19.6. The molecule has 0 atom stereocenters. The van der Waals surface area contributed by atoms with Crippen LogP contribution >= 0.6 is 0 Å². The van der Waals surface area contributed by atoms with E-state index in [0.29, 0.717) is 11.0 Å². The minimum Gasteiger partial charge on any atom is -0.268 e. The fourth-order valence-corrected chi connectivity index (χ4v) is 5.93. The number of hydrogen-bond acceptors (Lipinski definition) is 2. The van der Waals surface area contributed by atoms with Gasteiger partial charge in [-0.15, -0.1) is 0 Å². The van der Waals surface area contributed by atoms with Crippen molar-refractivity contribution in [1.29, 1.82) is 0 Å². The van der Waals surface area contributed by atoms with Gasteiger partial charge in [-0.2, -0.15) is 0 Å². The lowest BCUT2D eigenvalue weighted by atomic mass is 9.94. The second kappa shape index (κ2) is 9.07. The molecule has 0 amide bonds. The van der Waals surface area contributed by atoms with Gasteiger partial charge in [-0.25, -0.2) is 4.98 Å². The standard InChI is InChI=1S/C36H26N2O/c1-3-12-23(4-2)27-20-21-28(25-15-9-6-10-16-25)34-33(27)37-35-30-18-11-17-29-26(24-13-7-5-8-14-24)19-22-31(32(29)30)36(39)38(34)35/h3-22H,1-2H3. The first-order chi connectivity index (χ1) is 19.2. The molecule has 0 N–H and O–H groups in total. The summed E-state index contributed by atoms with van der Waals surface area (Å²) in [6.45, 7) is 4.05. The quantitative estimate of drug-likeness (QED) is 0.225. The number of imidazole rings is 1. The number of pyridine rings is 1. The predicted molar refractivity (Wildman–Crippen MR) is 165 cm³/mol. The van der Waals surface area contributed by atoms with E-state index in [2.05, 4.69) is 72.8 Å². The largest absolute Gasteiger partial charge is 0.268 e. The molecule has 0 bridgehead atoms. The van der Waals surface area contributed by atoms with Crippen LogP contribution in [0.2, 0.25) is 0 Å². The van der Waals surface area contributed by atoms with Crippen LogP contribution in [0.1, 0.15) is 19.4 Å². The molecule has 0 radical (unpaired) electrons. The van der Waals surface area contributed by atoms with Gasteiger partial charge in [0.05, 0.1) is 11.0 Å². The summed E-state index contributed by atoms with van der Waals surface area (Å²) >= 11 is 0. The summed E-state index contributed by atoms with van der Waals surface area (Å²) in [5, 5.41) is 3.72. The highest BCUT2D eigenvalue weighted by Gasteiger charge is 2.22. The summed E-state index contributed by atoms with van der Waals surface area (Å²) in [7, 11) is 0. The number of rotatable bonds is 4. The van der Waals surface area contributed by atoms with Gasteiger partial charge < -0.3 is 0 Å². The molecule has 0 aliphatic carbocycles. The molecule has 0 spiro atoms. The van der Waals surface area contributed by atoms with Crippen LogP contribution in [0, 0.1) is 0 Å². The molecule has 0 unspecified atom stereocenters. The molecule has 3 heteroatoms. The van der Waals surface area contributed by atoms with Gasteiger partial charge in [0.2, 0.25) is 0 Å². The normalized spacial score (nSPS) is 12.5. The van der Waals surface area contributed by atoms with Crippen molar-refractivity contribution in [2.24, 2.45) is 0 Å². The highest BCUT2D eigenvalue weighted by molar-refractivity contribution is 6.19. The zero-order chi connectivity index (χ0) is 26.5. The van der Waals surface area contributed by atoms with Crippen molar-refractivity contribution in [2.45, 2.75) is 13.8 Å². The Bertz CT molecular complexity index is 2140. The van der Waals surface area contributed by atoms with Crippen molar-refractivity contribution in [3.05, 3.63) is 137 Å². The topological polar surface area (TPSA) is 34.4 Å². The minimum absolute atomic E-state index is 0.0433. The lowest BCUT2D eigenvalue weighted by Gasteiger charge is -2.12. The Morgan fingerprint density at radius 2 is 1.36 bits per heavy atom. The molecule has 3 nitrogen and oxygen atoms in total. The Balaban J connectivity index is 1.69. The highest BCUT2D eigenvalue weighted by Crippen LogP contribution is 2.39. The van der Waals surface area contributed by atoms with Gasteiger partial charge in [0.25, 0.3) is 5.56 Å². The Morgan fingerprint density at radius 1 is 0.692 bits per heavy atom. The first-order valence-electron chi connectivity index (χ1n) is 13.3. The fraction of sp³-hybridized carbons (Fsp3) is 0.0556. The third-order valence-electron chi connectivity index (χ3n) is 7.66. The van der Waals surface area contributed by atoms with E-state index in [0.717, 1.165) is 60.6 Å². The van der Waals surface area contributed by atoms with Crippen LogP contribution in [0.3, 0.4) is 0 Å². The molecular formula is C36H26N2O. The van der Waals surface area contributed by atoms with Gasteiger partial charge in [-0.3, -0.25) is 9.20 Å². The highest BCUT2D eigenvalue weighted by atomic mass is 16.1. The van der Waals surface area contributed by atoms with Crippen LogP contribution in [-0.4, -0.2) is 9.38 Å². The molecule has 2 aromatic heterocycles. The smallest absolute Gasteiger partial charge is 0.264 e. The number of allylic oxidation sites excluding steroid dienone is 4. The summed E-state index contributed by atoms with van der Waals surface area (Å²) in [5.74, 6) is 0. The molecule has 7 rings (SSSR count). The maximum absolute atomic E-state index is 14.4. The molecule has 0 aliphatic heterocycles. The monoisotopic (exact) mass is 502 g/mol. The van der Waals surface area contributed by atoms with Gasteiger partial charge >= 0.3 is 0 Å². The number of hydrogen-bond donors (Lipinski definition) is 0. The van der Waals surface area contributed by atoms with Crippen molar-refractivity contribution >= 4 is 43.8 Å². The van der Waals surface area contributed by atoms with E-state index in [4.69, 9.17) is 4.98 Å². The maximum Gasteiger partial charge on any atom is 0.264 e. The van der Waals surface area contributed by atoms with E-state index in [-0.39, 0.29) is 5.56 Å². The van der Waals surface area contributed by atoms with Gasteiger partial charge in [-0.05, 0) is 47.6 Å². The van der Waals surface area contributed by atoms with Gasteiger partial charge in [0.15, 0.2) is 0 Å². The minimum atomic E-state index is -0.0433.